The van der Waals surface area contributed by atoms with E-state index in [0.29, 0.717) is 0 Å². The highest BCUT2D eigenvalue weighted by Crippen LogP contribution is 2.56. The number of para-hydroxylation sites is 2. The van der Waals surface area contributed by atoms with Crippen LogP contribution in [-0.4, -0.2) is 8.80 Å². The predicted octanol–water partition coefficient (Wildman–Crippen LogP) is 18.0. The van der Waals surface area contributed by atoms with Crippen molar-refractivity contribution in [2.45, 2.75) is 0 Å². The summed E-state index contributed by atoms with van der Waals surface area (Å²) in [6, 6.07) is 89.7. The summed E-state index contributed by atoms with van der Waals surface area (Å²) in [5.74, 6) is 0. The smallest absolute Gasteiger partial charge is 0.0634 e. The van der Waals surface area contributed by atoms with Crippen LogP contribution in [0.1, 0.15) is 0 Å². The molecular weight excluding hydrogens is 821 g/mol. The van der Waals surface area contributed by atoms with Gasteiger partial charge < -0.3 is 8.80 Å². The molecule has 0 spiro atoms. The summed E-state index contributed by atoms with van der Waals surface area (Å²) in [6.45, 7) is 0. The largest absolute Gasteiger partial charge is 0.307 e. The summed E-state index contributed by atoms with van der Waals surface area (Å²) in [7, 11) is 0. The molecule has 0 aliphatic heterocycles. The number of nitrogens with zero attached hydrogens (tertiary/aromatic N) is 2. The third-order valence-corrected chi connectivity index (χ3v) is 14.8. The molecule has 4 heterocycles. The Morgan fingerprint density at radius 3 is 0.912 bits per heavy atom. The van der Waals surface area contributed by atoms with E-state index < -0.39 is 0 Å². The molecule has 11 aromatic carbocycles. The van der Waals surface area contributed by atoms with E-state index in [1.165, 1.54) is 143 Å². The van der Waals surface area contributed by atoms with E-state index in [1.54, 1.807) is 0 Å². The van der Waals surface area contributed by atoms with E-state index in [1.807, 2.05) is 0 Å². The Labute approximate surface area is 392 Å². The van der Waals surface area contributed by atoms with Crippen molar-refractivity contribution >= 4 is 76.2 Å². The first kappa shape index (κ1) is 37.3. The Balaban J connectivity index is 1.19. The van der Waals surface area contributed by atoms with Gasteiger partial charge in [0.15, 0.2) is 0 Å². The fourth-order valence-electron chi connectivity index (χ4n) is 12.2. The summed E-state index contributed by atoms with van der Waals surface area (Å²) in [6.07, 6.45) is 0. The Bertz CT molecular complexity index is 4160. The molecule has 314 valence electrons. The Kier molecular flexibility index (Phi) is 7.81. The molecule has 0 amide bonds. The maximum atomic E-state index is 2.63. The van der Waals surface area contributed by atoms with Crippen molar-refractivity contribution in [2.24, 2.45) is 0 Å². The van der Waals surface area contributed by atoms with Crippen LogP contribution in [0.4, 0.5) is 0 Å². The fraction of sp³-hybridized carbons (Fsp3) is 0. The highest BCUT2D eigenvalue weighted by molar-refractivity contribution is 6.39. The van der Waals surface area contributed by atoms with Gasteiger partial charge in [-0.1, -0.05) is 231 Å². The molecule has 68 heavy (non-hydrogen) atoms. The molecule has 0 radical (unpaired) electrons. The van der Waals surface area contributed by atoms with Gasteiger partial charge in [-0.3, -0.25) is 0 Å². The molecule has 0 aliphatic rings. The van der Waals surface area contributed by atoms with Crippen molar-refractivity contribution in [2.75, 3.05) is 0 Å². The topological polar surface area (TPSA) is 8.82 Å². The SMILES string of the molecule is c1ccc(-c2ccccc2-c2ccc3c4c(-c5ccccc5)c5c(c(-c6ccccc6)c4n4c6ccccc6c2c34)c2ccc(-c3ccccc3-c3ccccc3)c3c4ccccc4n5c23)cc1. The number of fused-ring (bicyclic) bond motifs is 12. The minimum absolute atomic E-state index is 1.20. The molecule has 2 heteroatoms. The highest BCUT2D eigenvalue weighted by Gasteiger charge is 2.32. The van der Waals surface area contributed by atoms with E-state index in [2.05, 4.69) is 251 Å². The van der Waals surface area contributed by atoms with Crippen molar-refractivity contribution in [3.63, 3.8) is 0 Å². The van der Waals surface area contributed by atoms with Gasteiger partial charge in [-0.15, -0.1) is 0 Å². The van der Waals surface area contributed by atoms with E-state index >= 15 is 0 Å². The molecule has 15 aromatic rings. The van der Waals surface area contributed by atoms with Crippen LogP contribution in [0.15, 0.2) is 243 Å². The van der Waals surface area contributed by atoms with Crippen LogP contribution in [0.2, 0.25) is 0 Å². The first-order valence-electron chi connectivity index (χ1n) is 23.6. The molecule has 0 saturated heterocycles. The minimum atomic E-state index is 1.20. The van der Waals surface area contributed by atoms with Crippen molar-refractivity contribution in [3.8, 4) is 66.8 Å². The molecule has 2 nitrogen and oxygen atoms in total. The lowest BCUT2D eigenvalue weighted by molar-refractivity contribution is 1.36. The van der Waals surface area contributed by atoms with E-state index in [9.17, 15) is 0 Å². The van der Waals surface area contributed by atoms with Gasteiger partial charge in [0.1, 0.15) is 0 Å². The Morgan fingerprint density at radius 2 is 0.515 bits per heavy atom. The number of aromatic nitrogens is 2. The number of benzene rings is 11. The predicted molar refractivity (Wildman–Crippen MR) is 288 cm³/mol. The zero-order valence-corrected chi connectivity index (χ0v) is 37.0. The van der Waals surface area contributed by atoms with Crippen LogP contribution in [0, 0.1) is 0 Å². The molecule has 0 saturated carbocycles. The second-order valence-corrected chi connectivity index (χ2v) is 18.2. The number of rotatable bonds is 6. The van der Waals surface area contributed by atoms with Crippen LogP contribution < -0.4 is 0 Å². The van der Waals surface area contributed by atoms with E-state index in [0.717, 1.165) is 0 Å². The van der Waals surface area contributed by atoms with E-state index in [-0.39, 0.29) is 0 Å². The zero-order chi connectivity index (χ0) is 44.5. The summed E-state index contributed by atoms with van der Waals surface area (Å²) < 4.78 is 5.26. The highest BCUT2D eigenvalue weighted by atomic mass is 14.9. The third-order valence-electron chi connectivity index (χ3n) is 14.8. The van der Waals surface area contributed by atoms with Crippen LogP contribution in [0.5, 0.6) is 0 Å². The summed E-state index contributed by atoms with van der Waals surface area (Å²) in [4.78, 5) is 0. The Hall–Kier alpha value is -8.98. The average molecular weight is 861 g/mol. The van der Waals surface area contributed by atoms with Gasteiger partial charge >= 0.3 is 0 Å². The van der Waals surface area contributed by atoms with Crippen LogP contribution in [0.3, 0.4) is 0 Å². The summed E-state index contributed by atoms with van der Waals surface area (Å²) in [5.41, 5.74) is 22.2. The quantitative estimate of drug-likeness (QED) is 0.157. The van der Waals surface area contributed by atoms with Crippen LogP contribution in [0.25, 0.3) is 143 Å². The van der Waals surface area contributed by atoms with Gasteiger partial charge in [0.2, 0.25) is 0 Å². The molecule has 0 N–H and O–H groups in total. The maximum Gasteiger partial charge on any atom is 0.0634 e. The van der Waals surface area contributed by atoms with Gasteiger partial charge in [0, 0.05) is 54.2 Å². The third kappa shape index (κ3) is 5.01. The summed E-state index contributed by atoms with van der Waals surface area (Å²) >= 11 is 0. The van der Waals surface area contributed by atoms with Crippen molar-refractivity contribution in [1.82, 2.24) is 8.80 Å². The molecule has 0 bridgehead atoms. The second-order valence-electron chi connectivity index (χ2n) is 18.2. The molecule has 0 fully saturated rings. The number of hydrogen-bond acceptors (Lipinski definition) is 0. The molecule has 0 aliphatic carbocycles. The molecule has 0 atom stereocenters. The maximum absolute atomic E-state index is 2.63. The van der Waals surface area contributed by atoms with Gasteiger partial charge in [-0.05, 0) is 67.8 Å². The van der Waals surface area contributed by atoms with Gasteiger partial charge in [0.25, 0.3) is 0 Å². The Morgan fingerprint density at radius 1 is 0.191 bits per heavy atom. The van der Waals surface area contributed by atoms with Gasteiger partial charge in [-0.25, -0.2) is 0 Å². The fourth-order valence-corrected chi connectivity index (χ4v) is 12.2. The average Bonchev–Trinajstić information content (AvgIpc) is 4.16. The summed E-state index contributed by atoms with van der Waals surface area (Å²) in [5, 5.41) is 10.1. The van der Waals surface area contributed by atoms with Gasteiger partial charge in [0.05, 0.1) is 33.1 Å². The molecule has 15 rings (SSSR count). The zero-order valence-electron chi connectivity index (χ0n) is 37.0. The molecule has 4 aromatic heterocycles. The first-order valence-corrected chi connectivity index (χ1v) is 23.6. The van der Waals surface area contributed by atoms with Crippen molar-refractivity contribution < 1.29 is 0 Å². The normalized spacial score (nSPS) is 12.1. The van der Waals surface area contributed by atoms with Crippen molar-refractivity contribution in [1.29, 1.82) is 0 Å². The van der Waals surface area contributed by atoms with Crippen LogP contribution in [-0.2, 0) is 0 Å². The molecular formula is C66H40N2. The molecule has 0 unspecified atom stereocenters. The second kappa shape index (κ2) is 14.3. The first-order chi connectivity index (χ1) is 33.8. The lowest BCUT2D eigenvalue weighted by Gasteiger charge is -2.16. The van der Waals surface area contributed by atoms with E-state index in [4.69, 9.17) is 0 Å². The van der Waals surface area contributed by atoms with Gasteiger partial charge in [-0.2, -0.15) is 0 Å². The minimum Gasteiger partial charge on any atom is -0.307 e. The lowest BCUT2D eigenvalue weighted by Crippen LogP contribution is -1.93. The van der Waals surface area contributed by atoms with Crippen LogP contribution >= 0.6 is 0 Å². The van der Waals surface area contributed by atoms with Crippen molar-refractivity contribution in [3.05, 3.63) is 243 Å². The lowest BCUT2D eigenvalue weighted by atomic mass is 9.87. The number of hydrogen-bond donors (Lipinski definition) is 0. The monoisotopic (exact) mass is 860 g/mol. The standard InChI is InChI=1S/C66H40N2/c1-5-21-41(22-6-1)45-29-13-15-31-47(45)49-37-39-53-61-57(43-25-9-3-10-26-43)66-62(58(44-27-11-4-12-28-44)65(61)67-55-35-19-17-33-51(55)59(49)63(53)67)54-40-38-50(60-52-34-18-20-36-56(52)68(66)64(54)60)48-32-16-14-30-46(48)42-23-7-2-8-24-42/h1-40H.